The van der Waals surface area contributed by atoms with Gasteiger partial charge in [-0.15, -0.1) is 0 Å². The van der Waals surface area contributed by atoms with Crippen LogP contribution in [0, 0.1) is 5.41 Å². The molecule has 2 aliphatic rings. The van der Waals surface area contributed by atoms with Gasteiger partial charge >= 0.3 is 12.1 Å². The van der Waals surface area contributed by atoms with Crippen LogP contribution in [0.1, 0.15) is 80.6 Å². The summed E-state index contributed by atoms with van der Waals surface area (Å²) < 4.78 is 11.2. The molecule has 0 aromatic heterocycles. The number of nitrogens with one attached hydrogen (secondary N) is 5. The van der Waals surface area contributed by atoms with Crippen molar-refractivity contribution in [3.05, 3.63) is 0 Å². The number of alkyl carbamates (subject to hydrolysis) is 1. The molecule has 0 aromatic rings. The quantitative estimate of drug-likeness (QED) is 0.150. The van der Waals surface area contributed by atoms with Crippen LogP contribution in [0.3, 0.4) is 0 Å². The minimum absolute atomic E-state index is 0.000777. The SMILES string of the molecule is CC(C)(C)OC(=O)NCCNC(=O)C(C)(C)CCOC(C)(C)CNC(=O)CCCC[C@@H]1SC[C@@H]2NC(=O)N[C@@H]21. The summed E-state index contributed by atoms with van der Waals surface area (Å²) in [5.41, 5.74) is -1.79. The Morgan fingerprint density at radius 3 is 2.36 bits per heavy atom. The van der Waals surface area contributed by atoms with E-state index in [-0.39, 0.29) is 36.5 Å². The zero-order valence-corrected chi connectivity index (χ0v) is 25.5. The molecule has 2 saturated heterocycles. The van der Waals surface area contributed by atoms with Gasteiger partial charge in [-0.05, 0) is 53.9 Å². The Hall–Kier alpha value is -2.21. The molecule has 0 aliphatic carbocycles. The van der Waals surface area contributed by atoms with Gasteiger partial charge in [-0.1, -0.05) is 20.3 Å². The maximum atomic E-state index is 12.6. The summed E-state index contributed by atoms with van der Waals surface area (Å²) >= 11 is 1.89. The van der Waals surface area contributed by atoms with Crippen molar-refractivity contribution in [3.8, 4) is 0 Å². The Morgan fingerprint density at radius 1 is 0.974 bits per heavy atom. The van der Waals surface area contributed by atoms with Gasteiger partial charge in [-0.25, -0.2) is 9.59 Å². The summed E-state index contributed by atoms with van der Waals surface area (Å²) in [6.45, 7) is 14.2. The molecule has 3 atom stereocenters. The number of thioether (sulfide) groups is 1. The number of ether oxygens (including phenoxy) is 2. The number of unbranched alkanes of at least 4 members (excludes halogenated alkanes) is 1. The smallest absolute Gasteiger partial charge is 0.407 e. The lowest BCUT2D eigenvalue weighted by molar-refractivity contribution is -0.131. The molecule has 11 nitrogen and oxygen atoms in total. The normalized spacial score (nSPS) is 21.0. The summed E-state index contributed by atoms with van der Waals surface area (Å²) in [7, 11) is 0. The predicted molar refractivity (Wildman–Crippen MR) is 153 cm³/mol. The fourth-order valence-corrected chi connectivity index (χ4v) is 5.86. The van der Waals surface area contributed by atoms with Crippen LogP contribution < -0.4 is 26.6 Å². The largest absolute Gasteiger partial charge is 0.444 e. The summed E-state index contributed by atoms with van der Waals surface area (Å²) in [6, 6.07) is 0.355. The zero-order valence-electron chi connectivity index (χ0n) is 24.7. The van der Waals surface area contributed by atoms with Crippen LogP contribution in [0.5, 0.6) is 0 Å². The van der Waals surface area contributed by atoms with Crippen LogP contribution in [0.25, 0.3) is 0 Å². The Kier molecular flexibility index (Phi) is 12.2. The third kappa shape index (κ3) is 12.2. The molecule has 0 unspecified atom stereocenters. The molecule has 39 heavy (non-hydrogen) atoms. The fraction of sp³-hybridized carbons (Fsp3) is 0.852. The van der Waals surface area contributed by atoms with Crippen molar-refractivity contribution in [2.24, 2.45) is 5.41 Å². The van der Waals surface area contributed by atoms with E-state index in [1.807, 2.05) is 39.5 Å². The standard InChI is InChI=1S/C27H49N5O6S/c1-25(2,3)38-24(36)29-14-13-28-22(34)26(4,5)12-15-37-27(6,7)17-30-20(33)11-9-8-10-19-21-18(16-39-19)31-23(35)32-21/h18-19,21H,8-17H2,1-7H3,(H,28,34)(H,29,36)(H,30,33)(H2,31,32,35)/t18-,19-,21-/m0/s1. The second-order valence-electron chi connectivity index (χ2n) is 12.6. The first-order chi connectivity index (χ1) is 18.1. The number of rotatable bonds is 15. The van der Waals surface area contributed by atoms with Crippen molar-refractivity contribution in [1.82, 2.24) is 26.6 Å². The number of amides is 5. The fourth-order valence-electron chi connectivity index (χ4n) is 4.32. The molecule has 5 N–H and O–H groups in total. The lowest BCUT2D eigenvalue weighted by Gasteiger charge is -2.29. The molecule has 5 amide bonds. The topological polar surface area (TPSA) is 147 Å². The summed E-state index contributed by atoms with van der Waals surface area (Å²) in [5.74, 6) is 0.819. The maximum absolute atomic E-state index is 12.6. The predicted octanol–water partition coefficient (Wildman–Crippen LogP) is 2.68. The highest BCUT2D eigenvalue weighted by molar-refractivity contribution is 8.00. The second-order valence-corrected chi connectivity index (χ2v) is 13.8. The van der Waals surface area contributed by atoms with Crippen LogP contribution in [0.2, 0.25) is 0 Å². The average molecular weight is 572 g/mol. The van der Waals surface area contributed by atoms with Crippen molar-refractivity contribution in [3.63, 3.8) is 0 Å². The van der Waals surface area contributed by atoms with Crippen molar-refractivity contribution in [2.75, 3.05) is 32.0 Å². The van der Waals surface area contributed by atoms with Gasteiger partial charge in [0, 0.05) is 49.1 Å². The van der Waals surface area contributed by atoms with E-state index in [9.17, 15) is 19.2 Å². The van der Waals surface area contributed by atoms with E-state index in [1.165, 1.54) is 0 Å². The number of hydrogen-bond donors (Lipinski definition) is 5. The van der Waals surface area contributed by atoms with Crippen molar-refractivity contribution in [1.29, 1.82) is 0 Å². The molecule has 2 aliphatic heterocycles. The lowest BCUT2D eigenvalue weighted by Crippen LogP contribution is -2.43. The molecule has 224 valence electrons. The average Bonchev–Trinajstić information content (AvgIpc) is 3.36. The van der Waals surface area contributed by atoms with E-state index in [4.69, 9.17) is 9.47 Å². The van der Waals surface area contributed by atoms with Crippen LogP contribution in [0.15, 0.2) is 0 Å². The molecule has 2 heterocycles. The first-order valence-corrected chi connectivity index (χ1v) is 15.0. The molecule has 2 rings (SSSR count). The number of fused-ring (bicyclic) bond motifs is 1. The monoisotopic (exact) mass is 571 g/mol. The molecule has 0 saturated carbocycles. The molecule has 0 spiro atoms. The Labute approximate surface area is 237 Å². The minimum atomic E-state index is -0.653. The molecule has 12 heteroatoms. The van der Waals surface area contributed by atoms with E-state index >= 15 is 0 Å². The highest BCUT2D eigenvalue weighted by atomic mass is 32.2. The lowest BCUT2D eigenvalue weighted by atomic mass is 9.88. The molecule has 0 bridgehead atoms. The van der Waals surface area contributed by atoms with Gasteiger partial charge in [0.25, 0.3) is 0 Å². The van der Waals surface area contributed by atoms with Crippen molar-refractivity contribution in [2.45, 2.75) is 109 Å². The van der Waals surface area contributed by atoms with Crippen LogP contribution in [-0.2, 0) is 19.1 Å². The molecule has 0 aromatic carbocycles. The number of urea groups is 1. The van der Waals surface area contributed by atoms with Crippen LogP contribution in [-0.4, -0.2) is 84.5 Å². The first-order valence-electron chi connectivity index (χ1n) is 13.9. The maximum Gasteiger partial charge on any atom is 0.407 e. The van der Waals surface area contributed by atoms with Gasteiger partial charge in [-0.2, -0.15) is 11.8 Å². The van der Waals surface area contributed by atoms with E-state index in [2.05, 4.69) is 26.6 Å². The van der Waals surface area contributed by atoms with E-state index in [1.54, 1.807) is 20.8 Å². The zero-order chi connectivity index (χ0) is 29.3. The van der Waals surface area contributed by atoms with E-state index < -0.39 is 22.7 Å². The Morgan fingerprint density at radius 2 is 1.67 bits per heavy atom. The van der Waals surface area contributed by atoms with Crippen LogP contribution >= 0.6 is 11.8 Å². The van der Waals surface area contributed by atoms with Crippen molar-refractivity contribution < 1.29 is 28.7 Å². The van der Waals surface area contributed by atoms with Gasteiger partial charge in [0.2, 0.25) is 11.8 Å². The Balaban J connectivity index is 1.55. The van der Waals surface area contributed by atoms with Gasteiger partial charge in [0.15, 0.2) is 0 Å². The molecule has 2 fully saturated rings. The molecular weight excluding hydrogens is 522 g/mol. The van der Waals surface area contributed by atoms with Gasteiger partial charge < -0.3 is 36.1 Å². The summed E-state index contributed by atoms with van der Waals surface area (Å²) in [5, 5.41) is 14.8. The minimum Gasteiger partial charge on any atom is -0.444 e. The number of hydrogen-bond acceptors (Lipinski definition) is 7. The van der Waals surface area contributed by atoms with Crippen LogP contribution in [0.4, 0.5) is 9.59 Å². The number of carbonyl (C=O) groups excluding carboxylic acids is 4. The summed E-state index contributed by atoms with van der Waals surface area (Å²) in [4.78, 5) is 48.1. The third-order valence-corrected chi connectivity index (χ3v) is 8.21. The highest BCUT2D eigenvalue weighted by Gasteiger charge is 2.42. The number of carbonyl (C=O) groups is 4. The van der Waals surface area contributed by atoms with Gasteiger partial charge in [0.1, 0.15) is 5.60 Å². The Bertz CT molecular complexity index is 860. The van der Waals surface area contributed by atoms with Crippen molar-refractivity contribution >= 4 is 35.7 Å². The molecule has 0 radical (unpaired) electrons. The molecular formula is C27H49N5O6S. The third-order valence-electron chi connectivity index (χ3n) is 6.71. The van der Waals surface area contributed by atoms with E-state index in [0.717, 1.165) is 25.0 Å². The summed E-state index contributed by atoms with van der Waals surface area (Å²) in [6.07, 6.45) is 3.18. The van der Waals surface area contributed by atoms with Gasteiger partial charge in [-0.3, -0.25) is 9.59 Å². The first kappa shape index (κ1) is 33.0. The second kappa shape index (κ2) is 14.4. The van der Waals surface area contributed by atoms with Gasteiger partial charge in [0.05, 0.1) is 17.7 Å². The van der Waals surface area contributed by atoms with E-state index in [0.29, 0.717) is 37.8 Å². The highest BCUT2D eigenvalue weighted by Crippen LogP contribution is 2.33.